The average Bonchev–Trinajstić information content (AvgIpc) is 2.34. The van der Waals surface area contributed by atoms with Crippen LogP contribution < -0.4 is 15.4 Å². The van der Waals surface area contributed by atoms with Crippen molar-refractivity contribution in [2.24, 2.45) is 0 Å². The molecule has 1 atom stereocenters. The van der Waals surface area contributed by atoms with E-state index in [0.717, 1.165) is 0 Å². The number of carboxylic acid groups (broad SMARTS) is 1. The zero-order valence-electron chi connectivity index (χ0n) is 11.2. The molecule has 0 fully saturated rings. The zero-order chi connectivity index (χ0) is 15.1. The second-order valence-corrected chi connectivity index (χ2v) is 4.11. The average molecular weight is 280 g/mol. The maximum Gasteiger partial charge on any atom is 0.329 e. The van der Waals surface area contributed by atoms with Gasteiger partial charge in [0.2, 0.25) is 11.8 Å². The van der Waals surface area contributed by atoms with E-state index >= 15 is 0 Å². The van der Waals surface area contributed by atoms with E-state index in [1.165, 1.54) is 13.8 Å². The third kappa shape index (κ3) is 5.38. The highest BCUT2D eigenvalue weighted by atomic mass is 16.5. The van der Waals surface area contributed by atoms with Crippen LogP contribution in [-0.2, 0) is 14.4 Å². The lowest BCUT2D eigenvalue weighted by molar-refractivity contribution is -0.142. The Morgan fingerprint density at radius 1 is 1.15 bits per heavy atom. The van der Waals surface area contributed by atoms with Crippen molar-refractivity contribution < 1.29 is 24.2 Å². The molecule has 0 aliphatic carbocycles. The molecule has 20 heavy (non-hydrogen) atoms. The number of rotatable bonds is 6. The van der Waals surface area contributed by atoms with E-state index in [-0.39, 0.29) is 12.5 Å². The molecule has 0 saturated heterocycles. The number of amides is 2. The van der Waals surface area contributed by atoms with E-state index in [9.17, 15) is 14.4 Å². The molecular weight excluding hydrogens is 264 g/mol. The third-order valence-corrected chi connectivity index (χ3v) is 2.27. The number of hydrogen-bond acceptors (Lipinski definition) is 4. The monoisotopic (exact) mass is 280 g/mol. The summed E-state index contributed by atoms with van der Waals surface area (Å²) in [7, 11) is 0. The van der Waals surface area contributed by atoms with E-state index < -0.39 is 17.9 Å². The largest absolute Gasteiger partial charge is 0.491 e. The molecule has 1 unspecified atom stereocenters. The van der Waals surface area contributed by atoms with Gasteiger partial charge in [0.15, 0.2) is 6.04 Å². The number of benzene rings is 1. The molecule has 7 nitrogen and oxygen atoms in total. The molecular formula is C13H16N2O5. The SMILES string of the molecule is CC(=O)Nc1ccc(OCC(NC(C)=O)C(=O)O)cc1. The van der Waals surface area contributed by atoms with Crippen LogP contribution in [0.2, 0.25) is 0 Å². The summed E-state index contributed by atoms with van der Waals surface area (Å²) in [6.45, 7) is 2.45. The van der Waals surface area contributed by atoms with Crippen LogP contribution in [0.1, 0.15) is 13.8 Å². The molecule has 0 radical (unpaired) electrons. The van der Waals surface area contributed by atoms with Gasteiger partial charge in [0.1, 0.15) is 12.4 Å². The van der Waals surface area contributed by atoms with Crippen LogP contribution in [0.15, 0.2) is 24.3 Å². The third-order valence-electron chi connectivity index (χ3n) is 2.27. The lowest BCUT2D eigenvalue weighted by Gasteiger charge is -2.14. The molecule has 1 aromatic rings. The summed E-state index contributed by atoms with van der Waals surface area (Å²) in [5.74, 6) is -1.36. The minimum Gasteiger partial charge on any atom is -0.491 e. The molecule has 0 spiro atoms. The molecule has 1 aromatic carbocycles. The topological polar surface area (TPSA) is 105 Å². The van der Waals surface area contributed by atoms with Crippen molar-refractivity contribution in [1.82, 2.24) is 5.32 Å². The summed E-state index contributed by atoms with van der Waals surface area (Å²) in [4.78, 5) is 32.6. The Morgan fingerprint density at radius 3 is 2.20 bits per heavy atom. The smallest absolute Gasteiger partial charge is 0.329 e. The van der Waals surface area contributed by atoms with Crippen molar-refractivity contribution in [3.63, 3.8) is 0 Å². The molecule has 0 aromatic heterocycles. The van der Waals surface area contributed by atoms with Crippen LogP contribution in [0.5, 0.6) is 5.75 Å². The lowest BCUT2D eigenvalue weighted by Crippen LogP contribution is -2.43. The van der Waals surface area contributed by atoms with Gasteiger partial charge in [-0.3, -0.25) is 9.59 Å². The summed E-state index contributed by atoms with van der Waals surface area (Å²) in [6.07, 6.45) is 0. The fourth-order valence-corrected chi connectivity index (χ4v) is 1.44. The van der Waals surface area contributed by atoms with E-state index in [1.807, 2.05) is 0 Å². The Bertz CT molecular complexity index is 498. The van der Waals surface area contributed by atoms with E-state index in [2.05, 4.69) is 10.6 Å². The number of nitrogens with one attached hydrogen (secondary N) is 2. The van der Waals surface area contributed by atoms with Crippen molar-refractivity contribution >= 4 is 23.5 Å². The maximum atomic E-state index is 10.9. The Kier molecular flexibility index (Phi) is 5.52. The van der Waals surface area contributed by atoms with E-state index in [1.54, 1.807) is 24.3 Å². The molecule has 0 aliphatic heterocycles. The first-order valence-corrected chi connectivity index (χ1v) is 5.89. The van der Waals surface area contributed by atoms with Crippen molar-refractivity contribution in [1.29, 1.82) is 0 Å². The highest BCUT2D eigenvalue weighted by Gasteiger charge is 2.19. The molecule has 108 valence electrons. The molecule has 0 saturated carbocycles. The minimum atomic E-state index is -1.17. The van der Waals surface area contributed by atoms with Crippen LogP contribution in [0.25, 0.3) is 0 Å². The summed E-state index contributed by atoms with van der Waals surface area (Å²) < 4.78 is 5.28. The summed E-state index contributed by atoms with van der Waals surface area (Å²) in [5, 5.41) is 13.8. The van der Waals surface area contributed by atoms with Crippen molar-refractivity contribution in [3.8, 4) is 5.75 Å². The second kappa shape index (κ2) is 7.13. The molecule has 0 aliphatic rings. The summed E-state index contributed by atoms with van der Waals surface area (Å²) in [5.41, 5.74) is 0.612. The molecule has 7 heteroatoms. The summed E-state index contributed by atoms with van der Waals surface area (Å²) in [6, 6.07) is 5.34. The Hall–Kier alpha value is -2.57. The first-order valence-electron chi connectivity index (χ1n) is 5.89. The van der Waals surface area contributed by atoms with Crippen molar-refractivity contribution in [3.05, 3.63) is 24.3 Å². The molecule has 1 rings (SSSR count). The standard InChI is InChI=1S/C13H16N2O5/c1-8(16)14-10-3-5-11(6-4-10)20-7-12(13(18)19)15-9(2)17/h3-6,12H,7H2,1-2H3,(H,14,16)(H,15,17)(H,18,19). The highest BCUT2D eigenvalue weighted by molar-refractivity contribution is 5.88. The van der Waals surface area contributed by atoms with Crippen LogP contribution in [0, 0.1) is 0 Å². The Balaban J connectivity index is 2.57. The Morgan fingerprint density at radius 2 is 1.75 bits per heavy atom. The van der Waals surface area contributed by atoms with Gasteiger partial charge in [-0.15, -0.1) is 0 Å². The maximum absolute atomic E-state index is 10.9. The van der Waals surface area contributed by atoms with Gasteiger partial charge in [-0.2, -0.15) is 0 Å². The van der Waals surface area contributed by atoms with Crippen LogP contribution in [0.3, 0.4) is 0 Å². The quantitative estimate of drug-likeness (QED) is 0.708. The number of hydrogen-bond donors (Lipinski definition) is 3. The van der Waals surface area contributed by atoms with Gasteiger partial charge in [-0.25, -0.2) is 4.79 Å². The van der Waals surface area contributed by atoms with Gasteiger partial charge in [0.05, 0.1) is 0 Å². The molecule has 0 bridgehead atoms. The van der Waals surface area contributed by atoms with Crippen LogP contribution >= 0.6 is 0 Å². The van der Waals surface area contributed by atoms with E-state index in [4.69, 9.17) is 9.84 Å². The number of aliphatic carboxylic acids is 1. The second-order valence-electron chi connectivity index (χ2n) is 4.11. The van der Waals surface area contributed by atoms with Crippen LogP contribution in [0.4, 0.5) is 5.69 Å². The fourth-order valence-electron chi connectivity index (χ4n) is 1.44. The number of carboxylic acids is 1. The summed E-state index contributed by atoms with van der Waals surface area (Å²) >= 11 is 0. The fraction of sp³-hybridized carbons (Fsp3) is 0.308. The zero-order valence-corrected chi connectivity index (χ0v) is 11.2. The van der Waals surface area contributed by atoms with Gasteiger partial charge in [0.25, 0.3) is 0 Å². The minimum absolute atomic E-state index is 0.185. The number of ether oxygens (including phenoxy) is 1. The van der Waals surface area contributed by atoms with Gasteiger partial charge in [-0.1, -0.05) is 0 Å². The predicted molar refractivity (Wildman–Crippen MR) is 71.5 cm³/mol. The van der Waals surface area contributed by atoms with Gasteiger partial charge in [0, 0.05) is 19.5 Å². The number of anilines is 1. The first-order chi connectivity index (χ1) is 9.38. The van der Waals surface area contributed by atoms with Crippen molar-refractivity contribution in [2.45, 2.75) is 19.9 Å². The first kappa shape index (κ1) is 15.5. The number of carbonyl (C=O) groups is 3. The number of carbonyl (C=O) groups excluding carboxylic acids is 2. The molecule has 3 N–H and O–H groups in total. The van der Waals surface area contributed by atoms with Gasteiger partial charge >= 0.3 is 5.97 Å². The van der Waals surface area contributed by atoms with Crippen molar-refractivity contribution in [2.75, 3.05) is 11.9 Å². The highest BCUT2D eigenvalue weighted by Crippen LogP contribution is 2.15. The normalized spacial score (nSPS) is 11.3. The van der Waals surface area contributed by atoms with Gasteiger partial charge in [-0.05, 0) is 24.3 Å². The van der Waals surface area contributed by atoms with Gasteiger partial charge < -0.3 is 20.5 Å². The molecule has 0 heterocycles. The van der Waals surface area contributed by atoms with Crippen LogP contribution in [-0.4, -0.2) is 35.5 Å². The predicted octanol–water partition coefficient (Wildman–Crippen LogP) is 0.613. The molecule has 2 amide bonds. The Labute approximate surface area is 115 Å². The lowest BCUT2D eigenvalue weighted by atomic mass is 10.3. The van der Waals surface area contributed by atoms with E-state index in [0.29, 0.717) is 11.4 Å².